The lowest BCUT2D eigenvalue weighted by atomic mass is 10.2. The second-order valence-corrected chi connectivity index (χ2v) is 5.81. The van der Waals surface area contributed by atoms with Gasteiger partial charge in [-0.05, 0) is 41.1 Å². The van der Waals surface area contributed by atoms with E-state index in [1.807, 2.05) is 0 Å². The molecule has 2 heterocycles. The SMILES string of the molecule is Cc1oc(CNC(=O)CN(C)C(=O)c2ccc(Br)o2)cc1C(=O)O. The summed E-state index contributed by atoms with van der Waals surface area (Å²) in [7, 11) is 1.47. The molecule has 8 nitrogen and oxygen atoms in total. The number of carbonyl (C=O) groups excluding carboxylic acids is 2. The Kier molecular flexibility index (Phi) is 5.45. The van der Waals surface area contributed by atoms with Crippen LogP contribution in [0.25, 0.3) is 0 Å². The summed E-state index contributed by atoms with van der Waals surface area (Å²) in [5.41, 5.74) is 0.0509. The summed E-state index contributed by atoms with van der Waals surface area (Å²) in [6, 6.07) is 4.44. The molecule has 0 aliphatic heterocycles. The number of furan rings is 2. The van der Waals surface area contributed by atoms with Gasteiger partial charge in [0.1, 0.15) is 17.1 Å². The van der Waals surface area contributed by atoms with Gasteiger partial charge in [0, 0.05) is 7.05 Å². The van der Waals surface area contributed by atoms with Gasteiger partial charge in [-0.3, -0.25) is 9.59 Å². The van der Waals surface area contributed by atoms with Gasteiger partial charge in [0.05, 0.1) is 13.1 Å². The molecule has 2 aromatic rings. The zero-order valence-electron chi connectivity index (χ0n) is 13.0. The Morgan fingerprint density at radius 3 is 2.54 bits per heavy atom. The summed E-state index contributed by atoms with van der Waals surface area (Å²) in [4.78, 5) is 36.1. The van der Waals surface area contributed by atoms with Gasteiger partial charge >= 0.3 is 5.97 Å². The molecule has 0 unspecified atom stereocenters. The molecule has 128 valence electrons. The van der Waals surface area contributed by atoms with Crippen LogP contribution < -0.4 is 5.32 Å². The maximum absolute atomic E-state index is 12.0. The van der Waals surface area contributed by atoms with Crippen molar-refractivity contribution in [2.24, 2.45) is 0 Å². The zero-order chi connectivity index (χ0) is 17.9. The smallest absolute Gasteiger partial charge is 0.339 e. The summed E-state index contributed by atoms with van der Waals surface area (Å²) in [6.45, 7) is 1.38. The van der Waals surface area contributed by atoms with Gasteiger partial charge in [0.15, 0.2) is 10.4 Å². The third kappa shape index (κ3) is 4.25. The predicted molar refractivity (Wildman–Crippen MR) is 85.6 cm³/mol. The maximum atomic E-state index is 12.0. The molecule has 0 radical (unpaired) electrons. The zero-order valence-corrected chi connectivity index (χ0v) is 14.5. The molecule has 0 saturated heterocycles. The van der Waals surface area contributed by atoms with E-state index in [1.54, 1.807) is 6.07 Å². The lowest BCUT2D eigenvalue weighted by Gasteiger charge is -2.15. The Hall–Kier alpha value is -2.55. The summed E-state index contributed by atoms with van der Waals surface area (Å²) in [6.07, 6.45) is 0. The van der Waals surface area contributed by atoms with E-state index < -0.39 is 17.8 Å². The fourth-order valence-electron chi connectivity index (χ4n) is 1.99. The average Bonchev–Trinajstić information content (AvgIpc) is 3.10. The fraction of sp³-hybridized carbons (Fsp3) is 0.267. The topological polar surface area (TPSA) is 113 Å². The molecular weight excluding hydrogens is 384 g/mol. The Morgan fingerprint density at radius 2 is 2.00 bits per heavy atom. The Bertz CT molecular complexity index is 779. The Morgan fingerprint density at radius 1 is 1.29 bits per heavy atom. The Labute approximate surface area is 145 Å². The lowest BCUT2D eigenvalue weighted by Crippen LogP contribution is -2.37. The third-order valence-electron chi connectivity index (χ3n) is 3.17. The van der Waals surface area contributed by atoms with E-state index in [4.69, 9.17) is 13.9 Å². The van der Waals surface area contributed by atoms with E-state index in [9.17, 15) is 14.4 Å². The molecule has 2 rings (SSSR count). The first-order valence-corrected chi connectivity index (χ1v) is 7.67. The quantitative estimate of drug-likeness (QED) is 0.769. The van der Waals surface area contributed by atoms with Gasteiger partial charge in [0.25, 0.3) is 5.91 Å². The van der Waals surface area contributed by atoms with Crippen LogP contribution in [-0.4, -0.2) is 41.4 Å². The van der Waals surface area contributed by atoms with Crippen molar-refractivity contribution in [1.29, 1.82) is 0 Å². The molecule has 2 amide bonds. The number of nitrogens with zero attached hydrogens (tertiary/aromatic N) is 1. The number of likely N-dealkylation sites (N-methyl/N-ethyl adjacent to an activating group) is 1. The number of halogens is 1. The van der Waals surface area contributed by atoms with Crippen molar-refractivity contribution in [3.8, 4) is 0 Å². The molecule has 0 aliphatic carbocycles. The number of aromatic carboxylic acids is 1. The number of amides is 2. The van der Waals surface area contributed by atoms with E-state index in [0.717, 1.165) is 0 Å². The Balaban J connectivity index is 1.88. The minimum absolute atomic E-state index is 0.0291. The van der Waals surface area contributed by atoms with Crippen molar-refractivity contribution in [2.75, 3.05) is 13.6 Å². The molecule has 2 N–H and O–H groups in total. The predicted octanol–water partition coefficient (Wildman–Crippen LogP) is 2.03. The van der Waals surface area contributed by atoms with Crippen molar-refractivity contribution in [1.82, 2.24) is 10.2 Å². The number of hydrogen-bond donors (Lipinski definition) is 2. The van der Waals surface area contributed by atoms with Crippen LogP contribution in [0.15, 0.2) is 31.7 Å². The molecule has 0 saturated carbocycles. The fourth-order valence-corrected chi connectivity index (χ4v) is 2.30. The molecular formula is C15H15BrN2O6. The van der Waals surface area contributed by atoms with Crippen LogP contribution in [0.3, 0.4) is 0 Å². The first kappa shape index (κ1) is 17.8. The first-order valence-electron chi connectivity index (χ1n) is 6.88. The van der Waals surface area contributed by atoms with Crippen LogP contribution in [0.5, 0.6) is 0 Å². The number of aryl methyl sites for hydroxylation is 1. The third-order valence-corrected chi connectivity index (χ3v) is 3.60. The highest BCUT2D eigenvalue weighted by molar-refractivity contribution is 9.10. The molecule has 0 aliphatic rings. The summed E-state index contributed by atoms with van der Waals surface area (Å²) >= 11 is 3.10. The minimum atomic E-state index is -1.09. The van der Waals surface area contributed by atoms with E-state index in [2.05, 4.69) is 21.2 Å². The number of carbonyl (C=O) groups is 3. The van der Waals surface area contributed by atoms with E-state index in [0.29, 0.717) is 10.4 Å². The number of nitrogens with one attached hydrogen (secondary N) is 1. The van der Waals surface area contributed by atoms with Crippen molar-refractivity contribution >= 4 is 33.7 Å². The number of rotatable bonds is 6. The summed E-state index contributed by atoms with van der Waals surface area (Å²) in [5.74, 6) is -1.24. The maximum Gasteiger partial charge on any atom is 0.339 e. The van der Waals surface area contributed by atoms with Gasteiger partial charge in [-0.15, -0.1) is 0 Å². The largest absolute Gasteiger partial charge is 0.478 e. The van der Waals surface area contributed by atoms with Crippen molar-refractivity contribution in [2.45, 2.75) is 13.5 Å². The van der Waals surface area contributed by atoms with Crippen LogP contribution in [0.4, 0.5) is 0 Å². The lowest BCUT2D eigenvalue weighted by molar-refractivity contribution is -0.121. The monoisotopic (exact) mass is 398 g/mol. The van der Waals surface area contributed by atoms with Crippen molar-refractivity contribution in [3.05, 3.63) is 45.7 Å². The molecule has 0 fully saturated rings. The molecule has 0 atom stereocenters. The van der Waals surface area contributed by atoms with Crippen LogP contribution >= 0.6 is 15.9 Å². The normalized spacial score (nSPS) is 10.5. The van der Waals surface area contributed by atoms with E-state index in [1.165, 1.54) is 31.0 Å². The molecule has 24 heavy (non-hydrogen) atoms. The van der Waals surface area contributed by atoms with Gasteiger partial charge in [-0.25, -0.2) is 4.79 Å². The van der Waals surface area contributed by atoms with Crippen molar-refractivity contribution < 1.29 is 28.3 Å². The average molecular weight is 399 g/mol. The second kappa shape index (κ2) is 7.35. The molecule has 9 heteroatoms. The molecule has 2 aromatic heterocycles. The van der Waals surface area contributed by atoms with Gasteiger partial charge in [-0.1, -0.05) is 0 Å². The van der Waals surface area contributed by atoms with E-state index >= 15 is 0 Å². The first-order chi connectivity index (χ1) is 11.3. The highest BCUT2D eigenvalue weighted by Gasteiger charge is 2.19. The van der Waals surface area contributed by atoms with Crippen LogP contribution in [0.2, 0.25) is 0 Å². The molecule has 0 bridgehead atoms. The van der Waals surface area contributed by atoms with Crippen LogP contribution in [0, 0.1) is 6.92 Å². The van der Waals surface area contributed by atoms with E-state index in [-0.39, 0.29) is 30.2 Å². The highest BCUT2D eigenvalue weighted by Crippen LogP contribution is 2.16. The van der Waals surface area contributed by atoms with Gasteiger partial charge < -0.3 is 24.2 Å². The van der Waals surface area contributed by atoms with Crippen LogP contribution in [-0.2, 0) is 11.3 Å². The number of carboxylic acid groups (broad SMARTS) is 1. The summed E-state index contributed by atoms with van der Waals surface area (Å²) < 4.78 is 10.8. The van der Waals surface area contributed by atoms with Gasteiger partial charge in [0.2, 0.25) is 5.91 Å². The highest BCUT2D eigenvalue weighted by atomic mass is 79.9. The summed E-state index contributed by atoms with van der Waals surface area (Å²) in [5, 5.41) is 11.5. The van der Waals surface area contributed by atoms with Crippen molar-refractivity contribution in [3.63, 3.8) is 0 Å². The molecule has 0 spiro atoms. The van der Waals surface area contributed by atoms with Gasteiger partial charge in [-0.2, -0.15) is 0 Å². The van der Waals surface area contributed by atoms with Crippen LogP contribution in [0.1, 0.15) is 32.4 Å². The minimum Gasteiger partial charge on any atom is -0.478 e. The number of hydrogen-bond acceptors (Lipinski definition) is 5. The number of carboxylic acids is 1. The second-order valence-electron chi connectivity index (χ2n) is 5.03. The molecule has 0 aromatic carbocycles. The standard InChI is InChI=1S/C15H15BrN2O6/c1-8-10(15(21)22)5-9(23-8)6-17-13(19)7-18(2)14(20)11-3-4-12(16)24-11/h3-5H,6-7H2,1-2H3,(H,17,19)(H,21,22).